The van der Waals surface area contributed by atoms with Gasteiger partial charge < -0.3 is 5.32 Å². The minimum atomic E-state index is 0. The van der Waals surface area contributed by atoms with Gasteiger partial charge in [-0.05, 0) is 24.6 Å². The van der Waals surface area contributed by atoms with E-state index < -0.39 is 0 Å². The third-order valence-corrected chi connectivity index (χ3v) is 2.01. The van der Waals surface area contributed by atoms with Gasteiger partial charge in [-0.25, -0.2) is 0 Å². The molecule has 0 bridgehead atoms. The summed E-state index contributed by atoms with van der Waals surface area (Å²) in [4.78, 5) is 4.06. The molecule has 80 valence electrons. The summed E-state index contributed by atoms with van der Waals surface area (Å²) in [5.74, 6) is 0. The van der Waals surface area contributed by atoms with Gasteiger partial charge in [0.25, 0.3) is 0 Å². The van der Waals surface area contributed by atoms with E-state index in [4.69, 9.17) is 0 Å². The lowest BCUT2D eigenvalue weighted by molar-refractivity contribution is 0.616. The van der Waals surface area contributed by atoms with E-state index in [2.05, 4.69) is 23.3 Å². The molecule has 0 amide bonds. The van der Waals surface area contributed by atoms with Crippen molar-refractivity contribution in [2.75, 3.05) is 6.54 Å². The number of rotatable bonds is 6. The molecule has 0 fully saturated rings. The van der Waals surface area contributed by atoms with Crippen LogP contribution in [0.5, 0.6) is 0 Å². The van der Waals surface area contributed by atoms with Gasteiger partial charge in [0.05, 0.1) is 0 Å². The van der Waals surface area contributed by atoms with Crippen LogP contribution in [0, 0.1) is 0 Å². The van der Waals surface area contributed by atoms with Crippen molar-refractivity contribution in [1.29, 1.82) is 0 Å². The average molecular weight is 215 g/mol. The van der Waals surface area contributed by atoms with Crippen molar-refractivity contribution in [1.82, 2.24) is 10.3 Å². The topological polar surface area (TPSA) is 24.9 Å². The first-order chi connectivity index (χ1) is 6.43. The van der Waals surface area contributed by atoms with Crippen LogP contribution in [0.15, 0.2) is 24.5 Å². The van der Waals surface area contributed by atoms with Crippen molar-refractivity contribution in [3.63, 3.8) is 0 Å². The fourth-order valence-corrected chi connectivity index (χ4v) is 1.24. The van der Waals surface area contributed by atoms with E-state index in [1.165, 1.54) is 24.8 Å². The van der Waals surface area contributed by atoms with Crippen LogP contribution in [-0.2, 0) is 6.54 Å². The number of nitrogens with one attached hydrogen (secondary N) is 1. The second-order valence-corrected chi connectivity index (χ2v) is 3.25. The van der Waals surface area contributed by atoms with E-state index in [9.17, 15) is 0 Å². The second-order valence-electron chi connectivity index (χ2n) is 3.25. The molecular weight excluding hydrogens is 196 g/mol. The SMILES string of the molecule is CCCCCNCc1cccnc1.Cl. The van der Waals surface area contributed by atoms with Crippen LogP contribution in [0.4, 0.5) is 0 Å². The number of unbranched alkanes of at least 4 members (excludes halogenated alkanes) is 2. The Kier molecular flexibility index (Phi) is 8.59. The number of nitrogens with zero attached hydrogens (tertiary/aromatic N) is 1. The molecule has 1 rings (SSSR count). The summed E-state index contributed by atoms with van der Waals surface area (Å²) in [6, 6.07) is 4.07. The van der Waals surface area contributed by atoms with Crippen LogP contribution in [0.3, 0.4) is 0 Å². The van der Waals surface area contributed by atoms with Crippen LogP contribution >= 0.6 is 12.4 Å². The minimum absolute atomic E-state index is 0. The number of pyridine rings is 1. The molecule has 0 aromatic carbocycles. The third-order valence-electron chi connectivity index (χ3n) is 2.01. The lowest BCUT2D eigenvalue weighted by atomic mass is 10.2. The molecule has 0 aliphatic heterocycles. The smallest absolute Gasteiger partial charge is 0.0312 e. The van der Waals surface area contributed by atoms with Gasteiger partial charge in [0.1, 0.15) is 0 Å². The summed E-state index contributed by atoms with van der Waals surface area (Å²) in [7, 11) is 0. The summed E-state index contributed by atoms with van der Waals surface area (Å²) in [6.45, 7) is 4.28. The van der Waals surface area contributed by atoms with Gasteiger partial charge in [0.15, 0.2) is 0 Å². The van der Waals surface area contributed by atoms with Gasteiger partial charge in [-0.15, -0.1) is 12.4 Å². The highest BCUT2D eigenvalue weighted by Crippen LogP contribution is 1.95. The molecule has 0 spiro atoms. The zero-order valence-electron chi connectivity index (χ0n) is 8.70. The molecule has 0 radical (unpaired) electrons. The highest BCUT2D eigenvalue weighted by Gasteiger charge is 1.90. The molecule has 0 saturated heterocycles. The zero-order valence-corrected chi connectivity index (χ0v) is 9.52. The van der Waals surface area contributed by atoms with Gasteiger partial charge in [-0.3, -0.25) is 4.98 Å². The predicted octanol–water partition coefficient (Wildman–Crippen LogP) is 2.78. The van der Waals surface area contributed by atoms with Crippen LogP contribution in [0.1, 0.15) is 31.7 Å². The minimum Gasteiger partial charge on any atom is -0.313 e. The second kappa shape index (κ2) is 8.97. The fourth-order valence-electron chi connectivity index (χ4n) is 1.24. The number of aromatic nitrogens is 1. The van der Waals surface area contributed by atoms with Crippen molar-refractivity contribution in [3.05, 3.63) is 30.1 Å². The summed E-state index contributed by atoms with van der Waals surface area (Å²) in [6.07, 6.45) is 7.60. The van der Waals surface area contributed by atoms with Gasteiger partial charge >= 0.3 is 0 Å². The zero-order chi connectivity index (χ0) is 9.36. The summed E-state index contributed by atoms with van der Waals surface area (Å²) in [5, 5.41) is 3.40. The molecule has 1 N–H and O–H groups in total. The van der Waals surface area contributed by atoms with Crippen molar-refractivity contribution in [2.45, 2.75) is 32.7 Å². The lowest BCUT2D eigenvalue weighted by Gasteiger charge is -2.03. The molecule has 1 aromatic heterocycles. The first-order valence-corrected chi connectivity index (χ1v) is 5.03. The quantitative estimate of drug-likeness (QED) is 0.737. The first-order valence-electron chi connectivity index (χ1n) is 5.03. The maximum absolute atomic E-state index is 4.06. The Morgan fingerprint density at radius 2 is 2.21 bits per heavy atom. The van der Waals surface area contributed by atoms with Crippen LogP contribution in [-0.4, -0.2) is 11.5 Å². The lowest BCUT2D eigenvalue weighted by Crippen LogP contribution is -2.14. The van der Waals surface area contributed by atoms with E-state index in [-0.39, 0.29) is 12.4 Å². The maximum atomic E-state index is 4.06. The molecule has 0 saturated carbocycles. The van der Waals surface area contributed by atoms with Gasteiger partial charge in [-0.2, -0.15) is 0 Å². The molecule has 3 heteroatoms. The molecule has 0 aliphatic rings. The fraction of sp³-hybridized carbons (Fsp3) is 0.545. The molecule has 0 atom stereocenters. The Balaban J connectivity index is 0.00000169. The van der Waals surface area contributed by atoms with Crippen LogP contribution < -0.4 is 5.32 Å². The number of halogens is 1. The number of hydrogen-bond donors (Lipinski definition) is 1. The monoisotopic (exact) mass is 214 g/mol. The van der Waals surface area contributed by atoms with Crippen LogP contribution in [0.2, 0.25) is 0 Å². The predicted molar refractivity (Wildman–Crippen MR) is 62.7 cm³/mol. The Labute approximate surface area is 92.5 Å². The summed E-state index contributed by atoms with van der Waals surface area (Å²) >= 11 is 0. The Hall–Kier alpha value is -0.600. The van der Waals surface area contributed by atoms with E-state index in [1.54, 1.807) is 6.20 Å². The van der Waals surface area contributed by atoms with Crippen molar-refractivity contribution in [3.8, 4) is 0 Å². The van der Waals surface area contributed by atoms with Crippen molar-refractivity contribution < 1.29 is 0 Å². The third kappa shape index (κ3) is 5.95. The van der Waals surface area contributed by atoms with Gasteiger partial charge in [-0.1, -0.05) is 25.8 Å². The van der Waals surface area contributed by atoms with Gasteiger partial charge in [0.2, 0.25) is 0 Å². The highest BCUT2D eigenvalue weighted by atomic mass is 35.5. The van der Waals surface area contributed by atoms with E-state index in [0.29, 0.717) is 0 Å². The molecule has 1 heterocycles. The highest BCUT2D eigenvalue weighted by molar-refractivity contribution is 5.85. The molecule has 14 heavy (non-hydrogen) atoms. The normalized spacial score (nSPS) is 9.50. The molecule has 2 nitrogen and oxygen atoms in total. The van der Waals surface area contributed by atoms with E-state index in [1.807, 2.05) is 12.3 Å². The maximum Gasteiger partial charge on any atom is 0.0312 e. The Bertz CT molecular complexity index is 214. The Morgan fingerprint density at radius 1 is 1.36 bits per heavy atom. The molecule has 1 aromatic rings. The first kappa shape index (κ1) is 13.4. The standard InChI is InChI=1S/C11H18N2.ClH/c1-2-3-4-7-12-9-11-6-5-8-13-10-11;/h5-6,8,10,12H,2-4,7,9H2,1H3;1H. The largest absolute Gasteiger partial charge is 0.313 e. The van der Waals surface area contributed by atoms with Crippen molar-refractivity contribution >= 4 is 12.4 Å². The van der Waals surface area contributed by atoms with Gasteiger partial charge in [0, 0.05) is 18.9 Å². The molecular formula is C11H19ClN2. The molecule has 0 aliphatic carbocycles. The van der Waals surface area contributed by atoms with E-state index in [0.717, 1.165) is 13.1 Å². The summed E-state index contributed by atoms with van der Waals surface area (Å²) in [5.41, 5.74) is 1.26. The summed E-state index contributed by atoms with van der Waals surface area (Å²) < 4.78 is 0. The molecule has 0 unspecified atom stereocenters. The van der Waals surface area contributed by atoms with Crippen molar-refractivity contribution in [2.24, 2.45) is 0 Å². The number of hydrogen-bond acceptors (Lipinski definition) is 2. The Morgan fingerprint density at radius 3 is 2.86 bits per heavy atom. The average Bonchev–Trinajstić information content (AvgIpc) is 2.19. The van der Waals surface area contributed by atoms with Crippen LogP contribution in [0.25, 0.3) is 0 Å². The van der Waals surface area contributed by atoms with E-state index >= 15 is 0 Å².